The van der Waals surface area contributed by atoms with E-state index >= 15 is 0 Å². The molecule has 32 heavy (non-hydrogen) atoms. The zero-order valence-corrected chi connectivity index (χ0v) is 18.9. The molecule has 1 N–H and O–H groups in total. The van der Waals surface area contributed by atoms with Crippen LogP contribution in [-0.2, 0) is 21.9 Å². The topological polar surface area (TPSA) is 93.5 Å². The van der Waals surface area contributed by atoms with Crippen LogP contribution in [0.4, 0.5) is 5.69 Å². The number of hydrogen-bond donors (Lipinski definition) is 1. The third-order valence-electron chi connectivity index (χ3n) is 5.62. The Balaban J connectivity index is 1.31. The van der Waals surface area contributed by atoms with Crippen molar-refractivity contribution in [2.75, 3.05) is 18.4 Å². The summed E-state index contributed by atoms with van der Waals surface area (Å²) in [7, 11) is -1.88. The van der Waals surface area contributed by atoms with Crippen molar-refractivity contribution in [1.82, 2.24) is 13.9 Å². The minimum Gasteiger partial charge on any atom is -0.457 e. The molecule has 3 aromatic rings. The number of anilines is 1. The van der Waals surface area contributed by atoms with Gasteiger partial charge in [-0.2, -0.15) is 4.31 Å². The highest BCUT2D eigenvalue weighted by Crippen LogP contribution is 2.26. The normalized spacial score (nSPS) is 15.4. The van der Waals surface area contributed by atoms with E-state index in [4.69, 9.17) is 4.74 Å². The molecule has 0 atom stereocenters. The molecule has 4 rings (SSSR count). The maximum absolute atomic E-state index is 12.8. The smallest absolute Gasteiger partial charge is 0.262 e. The van der Waals surface area contributed by atoms with Crippen LogP contribution in [0.2, 0.25) is 0 Å². The van der Waals surface area contributed by atoms with Crippen molar-refractivity contribution in [2.24, 2.45) is 13.0 Å². The molecule has 0 spiro atoms. The van der Waals surface area contributed by atoms with E-state index in [0.717, 1.165) is 5.75 Å². The second-order valence-electron chi connectivity index (χ2n) is 7.84. The number of sulfonamides is 1. The van der Waals surface area contributed by atoms with Crippen molar-refractivity contribution in [2.45, 2.75) is 24.8 Å². The molecule has 1 aliphatic rings. The summed E-state index contributed by atoms with van der Waals surface area (Å²) in [6.45, 7) is 2.34. The highest BCUT2D eigenvalue weighted by molar-refractivity contribution is 7.89. The fourth-order valence-corrected chi connectivity index (χ4v) is 5.11. The minimum atomic E-state index is -3.65. The van der Waals surface area contributed by atoms with Crippen LogP contribution in [0.1, 0.15) is 18.7 Å². The first kappa shape index (κ1) is 22.0. The van der Waals surface area contributed by atoms with Gasteiger partial charge in [0.25, 0.3) is 10.0 Å². The van der Waals surface area contributed by atoms with Crippen molar-refractivity contribution in [3.05, 3.63) is 66.6 Å². The summed E-state index contributed by atoms with van der Waals surface area (Å²) < 4.78 is 34.5. The predicted octanol–water partition coefficient (Wildman–Crippen LogP) is 3.56. The Kier molecular flexibility index (Phi) is 6.29. The van der Waals surface area contributed by atoms with Crippen LogP contribution in [0.15, 0.2) is 65.8 Å². The van der Waals surface area contributed by atoms with Crippen molar-refractivity contribution in [3.8, 4) is 11.5 Å². The molecule has 1 fully saturated rings. The maximum atomic E-state index is 12.8. The second-order valence-corrected chi connectivity index (χ2v) is 9.73. The van der Waals surface area contributed by atoms with Gasteiger partial charge in [0.2, 0.25) is 5.91 Å². The molecule has 1 saturated heterocycles. The molecule has 0 saturated carbocycles. The average Bonchev–Trinajstić information content (AvgIpc) is 3.15. The number of imidazole rings is 1. The van der Waals surface area contributed by atoms with Gasteiger partial charge in [-0.05, 0) is 56.2 Å². The molecule has 2 heterocycles. The first-order chi connectivity index (χ1) is 15.3. The SMILES string of the molecule is Cc1nc(S(=O)(=O)N2CCC(C(=O)Nc3ccc(Oc4ccccc4)cc3)CC2)cn1C. The summed E-state index contributed by atoms with van der Waals surface area (Å²) >= 11 is 0. The molecular formula is C23H26N4O4S. The summed E-state index contributed by atoms with van der Waals surface area (Å²) in [6, 6.07) is 16.6. The molecule has 1 aliphatic heterocycles. The van der Waals surface area contributed by atoms with Crippen LogP contribution in [-0.4, -0.2) is 41.3 Å². The summed E-state index contributed by atoms with van der Waals surface area (Å²) in [6.07, 6.45) is 2.45. The fourth-order valence-electron chi connectivity index (χ4n) is 3.62. The van der Waals surface area contributed by atoms with Gasteiger partial charge >= 0.3 is 0 Å². The van der Waals surface area contributed by atoms with Crippen LogP contribution in [0.5, 0.6) is 11.5 Å². The molecule has 1 aromatic heterocycles. The number of benzene rings is 2. The van der Waals surface area contributed by atoms with Crippen molar-refractivity contribution in [1.29, 1.82) is 0 Å². The second kappa shape index (κ2) is 9.13. The van der Waals surface area contributed by atoms with Gasteiger partial charge in [0, 0.05) is 37.9 Å². The molecule has 1 amide bonds. The molecular weight excluding hydrogens is 428 g/mol. The monoisotopic (exact) mass is 454 g/mol. The summed E-state index contributed by atoms with van der Waals surface area (Å²) in [5.74, 6) is 1.71. The van der Waals surface area contributed by atoms with Gasteiger partial charge in [0.15, 0.2) is 5.03 Å². The number of amides is 1. The van der Waals surface area contributed by atoms with Crippen molar-refractivity contribution < 1.29 is 17.9 Å². The molecule has 0 radical (unpaired) electrons. The van der Waals surface area contributed by atoms with Gasteiger partial charge in [-0.15, -0.1) is 0 Å². The lowest BCUT2D eigenvalue weighted by molar-refractivity contribution is -0.120. The number of aryl methyl sites for hydroxylation is 2. The molecule has 9 heteroatoms. The highest BCUT2D eigenvalue weighted by Gasteiger charge is 2.33. The highest BCUT2D eigenvalue weighted by atomic mass is 32.2. The number of piperidine rings is 1. The van der Waals surface area contributed by atoms with E-state index in [0.29, 0.717) is 43.2 Å². The van der Waals surface area contributed by atoms with Crippen LogP contribution in [0, 0.1) is 12.8 Å². The maximum Gasteiger partial charge on any atom is 0.262 e. The molecule has 0 unspecified atom stereocenters. The van der Waals surface area contributed by atoms with Crippen molar-refractivity contribution in [3.63, 3.8) is 0 Å². The molecule has 0 bridgehead atoms. The van der Waals surface area contributed by atoms with Crippen LogP contribution >= 0.6 is 0 Å². The number of nitrogens with zero attached hydrogens (tertiary/aromatic N) is 3. The number of ether oxygens (including phenoxy) is 1. The lowest BCUT2D eigenvalue weighted by Gasteiger charge is -2.29. The Hall–Kier alpha value is -3.17. The Morgan fingerprint density at radius 1 is 1.03 bits per heavy atom. The van der Waals surface area contributed by atoms with E-state index in [1.54, 1.807) is 42.8 Å². The van der Waals surface area contributed by atoms with E-state index < -0.39 is 10.0 Å². The Bertz CT molecular complexity index is 1160. The number of para-hydroxylation sites is 1. The first-order valence-electron chi connectivity index (χ1n) is 10.5. The van der Waals surface area contributed by atoms with E-state index in [2.05, 4.69) is 10.3 Å². The quantitative estimate of drug-likeness (QED) is 0.615. The molecule has 2 aromatic carbocycles. The molecule has 0 aliphatic carbocycles. The van der Waals surface area contributed by atoms with Gasteiger partial charge < -0.3 is 14.6 Å². The van der Waals surface area contributed by atoms with Gasteiger partial charge in [-0.1, -0.05) is 18.2 Å². The van der Waals surface area contributed by atoms with Gasteiger partial charge in [0.05, 0.1) is 0 Å². The summed E-state index contributed by atoms with van der Waals surface area (Å²) in [5, 5.41) is 2.97. The lowest BCUT2D eigenvalue weighted by Crippen LogP contribution is -2.41. The zero-order chi connectivity index (χ0) is 22.7. The third kappa shape index (κ3) is 4.84. The Labute approximate surface area is 187 Å². The lowest BCUT2D eigenvalue weighted by atomic mass is 9.97. The van der Waals surface area contributed by atoms with Gasteiger partial charge in [-0.3, -0.25) is 4.79 Å². The average molecular weight is 455 g/mol. The zero-order valence-electron chi connectivity index (χ0n) is 18.1. The van der Waals surface area contributed by atoms with Crippen LogP contribution < -0.4 is 10.1 Å². The van der Waals surface area contributed by atoms with Crippen LogP contribution in [0.25, 0.3) is 0 Å². The number of rotatable bonds is 6. The van der Waals surface area contributed by atoms with E-state index in [-0.39, 0.29) is 16.9 Å². The molecule has 168 valence electrons. The number of nitrogens with one attached hydrogen (secondary N) is 1. The Morgan fingerprint density at radius 3 is 2.25 bits per heavy atom. The predicted molar refractivity (Wildman–Crippen MR) is 121 cm³/mol. The number of aromatic nitrogens is 2. The largest absolute Gasteiger partial charge is 0.457 e. The first-order valence-corrected chi connectivity index (χ1v) is 11.9. The van der Waals surface area contributed by atoms with E-state index in [1.165, 1.54) is 10.5 Å². The minimum absolute atomic E-state index is 0.0539. The van der Waals surface area contributed by atoms with Crippen LogP contribution in [0.3, 0.4) is 0 Å². The Morgan fingerprint density at radius 2 is 1.66 bits per heavy atom. The number of carbonyl (C=O) groups is 1. The number of hydrogen-bond acceptors (Lipinski definition) is 5. The van der Waals surface area contributed by atoms with Gasteiger partial charge in [-0.25, -0.2) is 13.4 Å². The molecule has 8 nitrogen and oxygen atoms in total. The summed E-state index contributed by atoms with van der Waals surface area (Å²) in [5.41, 5.74) is 0.675. The standard InChI is InChI=1S/C23H26N4O4S/c1-17-24-22(16-26(17)2)32(29,30)27-14-12-18(13-15-27)23(28)25-19-8-10-21(11-9-19)31-20-6-4-3-5-7-20/h3-11,16,18H,12-15H2,1-2H3,(H,25,28). The summed E-state index contributed by atoms with van der Waals surface area (Å²) in [4.78, 5) is 16.8. The van der Waals surface area contributed by atoms with Gasteiger partial charge in [0.1, 0.15) is 17.3 Å². The van der Waals surface area contributed by atoms with E-state index in [9.17, 15) is 13.2 Å². The van der Waals surface area contributed by atoms with Crippen molar-refractivity contribution >= 4 is 21.6 Å². The fraction of sp³-hybridized carbons (Fsp3) is 0.304. The number of carbonyl (C=O) groups excluding carboxylic acids is 1. The third-order valence-corrected chi connectivity index (χ3v) is 7.39. The van der Waals surface area contributed by atoms with E-state index in [1.807, 2.05) is 30.3 Å².